The van der Waals surface area contributed by atoms with Crippen molar-refractivity contribution < 1.29 is 9.53 Å². The summed E-state index contributed by atoms with van der Waals surface area (Å²) in [4.78, 5) is 24.7. The molecule has 0 N–H and O–H groups in total. The number of nitrogens with zero attached hydrogens (tertiary/aromatic N) is 5. The fraction of sp³-hybridized carbons (Fsp3) is 0.143. The van der Waals surface area contributed by atoms with Gasteiger partial charge in [0.15, 0.2) is 11.0 Å². The first-order valence-corrected chi connectivity index (χ1v) is 12.4. The number of pyridine rings is 1. The molecule has 0 saturated carbocycles. The number of amidine groups is 1. The molecule has 0 aliphatic carbocycles. The van der Waals surface area contributed by atoms with Crippen molar-refractivity contribution in [2.24, 2.45) is 4.99 Å². The smallest absolute Gasteiger partial charge is 0.266 e. The Bertz CT molecular complexity index is 1460. The van der Waals surface area contributed by atoms with E-state index in [9.17, 15) is 4.79 Å². The zero-order valence-corrected chi connectivity index (χ0v) is 21.1. The second-order valence-corrected chi connectivity index (χ2v) is 9.14. The number of thioether (sulfide) groups is 1. The number of methoxy groups -OCH3 is 1. The van der Waals surface area contributed by atoms with Crippen LogP contribution in [0.25, 0.3) is 23.0 Å². The largest absolute Gasteiger partial charge is 0.497 e. The fourth-order valence-corrected chi connectivity index (χ4v) is 4.92. The summed E-state index contributed by atoms with van der Waals surface area (Å²) < 4.78 is 7.15. The summed E-state index contributed by atoms with van der Waals surface area (Å²) in [6.45, 7) is 4.38. The predicted molar refractivity (Wildman–Crippen MR) is 145 cm³/mol. The van der Waals surface area contributed by atoms with Crippen LogP contribution in [0.1, 0.15) is 18.2 Å². The van der Waals surface area contributed by atoms with E-state index in [1.807, 2.05) is 104 Å². The van der Waals surface area contributed by atoms with E-state index < -0.39 is 0 Å². The number of aromatic nitrogens is 3. The SMILES string of the molecule is CCN1C(=O)/C(=C/c2cn(-c3ccccc3)nc2-c2ccc(OC)cc2)S/C1=N/c1cccc(C)n1. The van der Waals surface area contributed by atoms with Gasteiger partial charge in [-0.1, -0.05) is 24.3 Å². The number of rotatable bonds is 6. The third-order valence-corrected chi connectivity index (χ3v) is 6.71. The van der Waals surface area contributed by atoms with Gasteiger partial charge in [-0.3, -0.25) is 9.69 Å². The number of ether oxygens (including phenoxy) is 1. The van der Waals surface area contributed by atoms with Crippen molar-refractivity contribution in [2.75, 3.05) is 13.7 Å². The van der Waals surface area contributed by atoms with Gasteiger partial charge in [-0.05, 0) is 80.2 Å². The second kappa shape index (κ2) is 10.2. The molecule has 36 heavy (non-hydrogen) atoms. The van der Waals surface area contributed by atoms with Gasteiger partial charge in [0.05, 0.1) is 23.4 Å². The van der Waals surface area contributed by atoms with Gasteiger partial charge in [-0.25, -0.2) is 14.7 Å². The Balaban J connectivity index is 1.57. The molecule has 1 aliphatic rings. The number of amides is 1. The minimum Gasteiger partial charge on any atom is -0.497 e. The maximum Gasteiger partial charge on any atom is 0.266 e. The van der Waals surface area contributed by atoms with E-state index in [1.165, 1.54) is 11.8 Å². The van der Waals surface area contributed by atoms with Crippen LogP contribution in [-0.2, 0) is 4.79 Å². The van der Waals surface area contributed by atoms with Crippen LogP contribution in [0.3, 0.4) is 0 Å². The van der Waals surface area contributed by atoms with Crippen molar-refractivity contribution in [3.63, 3.8) is 0 Å². The minimum atomic E-state index is -0.0814. The number of hydrogen-bond donors (Lipinski definition) is 0. The van der Waals surface area contributed by atoms with E-state index in [1.54, 1.807) is 12.0 Å². The molecule has 1 fully saturated rings. The third kappa shape index (κ3) is 4.81. The van der Waals surface area contributed by atoms with Crippen LogP contribution in [0.15, 0.2) is 88.9 Å². The van der Waals surface area contributed by atoms with Crippen molar-refractivity contribution in [3.8, 4) is 22.7 Å². The number of carbonyl (C=O) groups excluding carboxylic acids is 1. The molecule has 0 radical (unpaired) electrons. The van der Waals surface area contributed by atoms with Gasteiger partial charge in [0.25, 0.3) is 5.91 Å². The van der Waals surface area contributed by atoms with Crippen molar-refractivity contribution in [1.82, 2.24) is 19.7 Å². The molecule has 2 aromatic heterocycles. The molecule has 1 aliphatic heterocycles. The molecule has 1 saturated heterocycles. The Labute approximate surface area is 214 Å². The van der Waals surface area contributed by atoms with Crippen LogP contribution in [0.2, 0.25) is 0 Å². The van der Waals surface area contributed by atoms with Crippen molar-refractivity contribution in [1.29, 1.82) is 0 Å². The van der Waals surface area contributed by atoms with Crippen LogP contribution in [0.4, 0.5) is 5.82 Å². The van der Waals surface area contributed by atoms with Gasteiger partial charge >= 0.3 is 0 Å². The average Bonchev–Trinajstić information content (AvgIpc) is 3.45. The Kier molecular flexibility index (Phi) is 6.69. The van der Waals surface area contributed by atoms with Crippen LogP contribution < -0.4 is 4.74 Å². The lowest BCUT2D eigenvalue weighted by Gasteiger charge is -2.11. The second-order valence-electron chi connectivity index (χ2n) is 8.13. The van der Waals surface area contributed by atoms with E-state index in [0.717, 1.165) is 34.0 Å². The molecule has 0 unspecified atom stereocenters. The predicted octanol–water partition coefficient (Wildman–Crippen LogP) is 5.88. The highest BCUT2D eigenvalue weighted by molar-refractivity contribution is 8.18. The first-order valence-electron chi connectivity index (χ1n) is 11.6. The molecule has 4 aromatic rings. The minimum absolute atomic E-state index is 0.0814. The number of benzene rings is 2. The number of aryl methyl sites for hydroxylation is 1. The number of aliphatic imine (C=N–C) groups is 1. The molecule has 7 nitrogen and oxygen atoms in total. The zero-order valence-electron chi connectivity index (χ0n) is 20.3. The summed E-state index contributed by atoms with van der Waals surface area (Å²) in [5.41, 5.74) is 4.35. The standard InChI is InChI=1S/C28H25N5O2S/c1-4-32-27(34)24(36-28(32)30-25-12-8-9-19(2)29-25)17-21-18-33(22-10-6-5-7-11-22)31-26(21)20-13-15-23(35-3)16-14-20/h5-18H,4H2,1-3H3/b24-17-,30-28+. The molecule has 0 bridgehead atoms. The first-order chi connectivity index (χ1) is 17.6. The van der Waals surface area contributed by atoms with E-state index >= 15 is 0 Å². The molecule has 0 atom stereocenters. The molecule has 3 heterocycles. The molecule has 8 heteroatoms. The lowest BCUT2D eigenvalue weighted by molar-refractivity contribution is -0.122. The zero-order chi connectivity index (χ0) is 25.1. The van der Waals surface area contributed by atoms with Crippen molar-refractivity contribution >= 4 is 34.7 Å². The normalized spacial score (nSPS) is 15.8. The van der Waals surface area contributed by atoms with Gasteiger partial charge < -0.3 is 4.74 Å². The maximum absolute atomic E-state index is 13.3. The highest BCUT2D eigenvalue weighted by atomic mass is 32.2. The summed E-state index contributed by atoms with van der Waals surface area (Å²) in [5.74, 6) is 1.27. The summed E-state index contributed by atoms with van der Waals surface area (Å²) in [6.07, 6.45) is 3.84. The van der Waals surface area contributed by atoms with E-state index in [2.05, 4.69) is 9.98 Å². The Morgan fingerprint density at radius 2 is 1.81 bits per heavy atom. The number of hydrogen-bond acceptors (Lipinski definition) is 6. The van der Waals surface area contributed by atoms with E-state index in [0.29, 0.717) is 22.4 Å². The number of para-hydroxylation sites is 1. The summed E-state index contributed by atoms with van der Waals surface area (Å²) >= 11 is 1.35. The van der Waals surface area contributed by atoms with Gasteiger partial charge in [-0.15, -0.1) is 0 Å². The number of carbonyl (C=O) groups is 1. The van der Waals surface area contributed by atoms with Gasteiger partial charge in [0, 0.05) is 29.6 Å². The number of likely N-dealkylation sites (N-methyl/N-ethyl adjacent to an activating group) is 1. The molecular formula is C28H25N5O2S. The molecule has 1 amide bonds. The monoisotopic (exact) mass is 495 g/mol. The Hall–Kier alpha value is -4.17. The lowest BCUT2D eigenvalue weighted by atomic mass is 10.1. The summed E-state index contributed by atoms with van der Waals surface area (Å²) in [6, 6.07) is 23.3. The summed E-state index contributed by atoms with van der Waals surface area (Å²) in [7, 11) is 1.64. The molecule has 180 valence electrons. The van der Waals surface area contributed by atoms with E-state index in [4.69, 9.17) is 9.84 Å². The summed E-state index contributed by atoms with van der Waals surface area (Å²) in [5, 5.41) is 5.48. The Morgan fingerprint density at radius 3 is 2.50 bits per heavy atom. The van der Waals surface area contributed by atoms with Gasteiger partial charge in [0.1, 0.15) is 5.75 Å². The highest BCUT2D eigenvalue weighted by Crippen LogP contribution is 2.36. The average molecular weight is 496 g/mol. The third-order valence-electron chi connectivity index (χ3n) is 5.70. The molecular weight excluding hydrogens is 470 g/mol. The van der Waals surface area contributed by atoms with Crippen LogP contribution >= 0.6 is 11.8 Å². The van der Waals surface area contributed by atoms with Gasteiger partial charge in [0.2, 0.25) is 0 Å². The van der Waals surface area contributed by atoms with Crippen LogP contribution in [-0.4, -0.2) is 44.4 Å². The van der Waals surface area contributed by atoms with E-state index in [-0.39, 0.29) is 5.91 Å². The quantitative estimate of drug-likeness (QED) is 0.313. The van der Waals surface area contributed by atoms with Crippen LogP contribution in [0, 0.1) is 6.92 Å². The first kappa shape index (κ1) is 23.6. The lowest BCUT2D eigenvalue weighted by Crippen LogP contribution is -2.28. The van der Waals surface area contributed by atoms with Gasteiger partial charge in [-0.2, -0.15) is 5.10 Å². The maximum atomic E-state index is 13.3. The Morgan fingerprint density at radius 1 is 1.03 bits per heavy atom. The molecule has 5 rings (SSSR count). The van der Waals surface area contributed by atoms with Crippen molar-refractivity contribution in [2.45, 2.75) is 13.8 Å². The molecule has 0 spiro atoms. The highest BCUT2D eigenvalue weighted by Gasteiger charge is 2.33. The van der Waals surface area contributed by atoms with Crippen LogP contribution in [0.5, 0.6) is 5.75 Å². The topological polar surface area (TPSA) is 72.6 Å². The van der Waals surface area contributed by atoms with Crippen molar-refractivity contribution in [3.05, 3.63) is 95.2 Å². The molecule has 2 aromatic carbocycles. The fourth-order valence-electron chi connectivity index (χ4n) is 3.88.